The highest BCUT2D eigenvalue weighted by atomic mass is 19.1. The molecule has 1 aliphatic heterocycles. The molecule has 2 aromatic heterocycles. The van der Waals surface area contributed by atoms with E-state index in [-0.39, 0.29) is 11.7 Å². The summed E-state index contributed by atoms with van der Waals surface area (Å²) < 4.78 is 25.9. The van der Waals surface area contributed by atoms with E-state index in [1.807, 2.05) is 39.2 Å². The summed E-state index contributed by atoms with van der Waals surface area (Å²) in [6.45, 7) is 4.60. The third-order valence-corrected chi connectivity index (χ3v) is 6.69. The van der Waals surface area contributed by atoms with Gasteiger partial charge in [0, 0.05) is 42.4 Å². The lowest BCUT2D eigenvalue weighted by atomic mass is 9.92. The van der Waals surface area contributed by atoms with E-state index in [4.69, 9.17) is 14.5 Å². The zero-order chi connectivity index (χ0) is 28.8. The highest BCUT2D eigenvalue weighted by molar-refractivity contribution is 5.94. The fraction of sp³-hybridized carbons (Fsp3) is 0.333. The lowest BCUT2D eigenvalue weighted by Gasteiger charge is -2.36. The van der Waals surface area contributed by atoms with Gasteiger partial charge >= 0.3 is 0 Å². The molecule has 0 bridgehead atoms. The molecule has 2 aromatic carbocycles. The summed E-state index contributed by atoms with van der Waals surface area (Å²) in [4.78, 5) is 31.7. The number of imidazole rings is 1. The monoisotopic (exact) mass is 559 g/mol. The second-order valence-corrected chi connectivity index (χ2v) is 10.7. The first kappa shape index (κ1) is 28.3. The van der Waals surface area contributed by atoms with Crippen molar-refractivity contribution in [2.45, 2.75) is 13.2 Å². The summed E-state index contributed by atoms with van der Waals surface area (Å²) in [5.41, 5.74) is 2.75. The van der Waals surface area contributed by atoms with E-state index >= 15 is 0 Å². The number of likely N-dealkylation sites (N-methyl/N-ethyl adjacent to an activating group) is 1. The topological polar surface area (TPSA) is 117 Å². The molecule has 10 nitrogen and oxygen atoms in total. The van der Waals surface area contributed by atoms with Gasteiger partial charge in [0.1, 0.15) is 5.82 Å². The Morgan fingerprint density at radius 2 is 1.80 bits per heavy atom. The number of rotatable bonds is 10. The van der Waals surface area contributed by atoms with Crippen molar-refractivity contribution >= 4 is 11.9 Å². The normalized spacial score (nSPS) is 18.8. The first-order valence-electron chi connectivity index (χ1n) is 13.4. The Balaban J connectivity index is 1.33. The van der Waals surface area contributed by atoms with Gasteiger partial charge in [0.05, 0.1) is 30.3 Å². The van der Waals surface area contributed by atoms with Crippen LogP contribution in [0, 0.1) is 11.2 Å². The highest BCUT2D eigenvalue weighted by Crippen LogP contribution is 2.35. The number of aromatic amines is 1. The van der Waals surface area contributed by atoms with Gasteiger partial charge in [-0.25, -0.2) is 19.3 Å². The van der Waals surface area contributed by atoms with E-state index in [1.165, 1.54) is 12.1 Å². The predicted octanol–water partition coefficient (Wildman–Crippen LogP) is 4.13. The van der Waals surface area contributed by atoms with Crippen molar-refractivity contribution < 1.29 is 18.7 Å². The minimum Gasteiger partial charge on any atom is -0.353 e. The Morgan fingerprint density at radius 3 is 2.51 bits per heavy atom. The van der Waals surface area contributed by atoms with Crippen LogP contribution in [0.1, 0.15) is 29.4 Å². The minimum atomic E-state index is -0.750. The van der Waals surface area contributed by atoms with Gasteiger partial charge < -0.3 is 30.0 Å². The second kappa shape index (κ2) is 12.5. The Hall–Kier alpha value is -4.19. The SMILES string of the molecule is CN(C)CCNc1nccc(-c2[nH]c(C3OCC(C)(CNC(=O)c4ccccc4)CO3)nc2-c2ccc(F)cc2)n1. The van der Waals surface area contributed by atoms with Crippen molar-refractivity contribution in [2.24, 2.45) is 5.41 Å². The highest BCUT2D eigenvalue weighted by Gasteiger charge is 2.35. The third kappa shape index (κ3) is 7.12. The first-order chi connectivity index (χ1) is 19.8. The van der Waals surface area contributed by atoms with Crippen LogP contribution in [0.25, 0.3) is 22.6 Å². The van der Waals surface area contributed by atoms with Crippen LogP contribution in [-0.4, -0.2) is 77.7 Å². The van der Waals surface area contributed by atoms with Crippen LogP contribution in [0.15, 0.2) is 66.9 Å². The Kier molecular flexibility index (Phi) is 8.67. The molecule has 1 fully saturated rings. The molecule has 11 heteroatoms. The van der Waals surface area contributed by atoms with Gasteiger partial charge in [-0.2, -0.15) is 0 Å². The molecule has 0 atom stereocenters. The lowest BCUT2D eigenvalue weighted by molar-refractivity contribution is -0.231. The van der Waals surface area contributed by atoms with E-state index in [1.54, 1.807) is 36.5 Å². The number of ether oxygens (including phenoxy) is 2. The number of carbonyl (C=O) groups is 1. The van der Waals surface area contributed by atoms with Crippen LogP contribution >= 0.6 is 0 Å². The van der Waals surface area contributed by atoms with Gasteiger partial charge in [-0.3, -0.25) is 4.79 Å². The second-order valence-electron chi connectivity index (χ2n) is 10.7. The van der Waals surface area contributed by atoms with Crippen molar-refractivity contribution in [2.75, 3.05) is 52.3 Å². The van der Waals surface area contributed by atoms with Crippen molar-refractivity contribution in [3.8, 4) is 22.6 Å². The third-order valence-electron chi connectivity index (χ3n) is 6.69. The molecule has 1 aliphatic rings. The van der Waals surface area contributed by atoms with Gasteiger partial charge in [-0.15, -0.1) is 0 Å². The molecule has 1 amide bonds. The molecule has 5 rings (SSSR count). The Bertz CT molecular complexity index is 1450. The Morgan fingerprint density at radius 1 is 1.07 bits per heavy atom. The predicted molar refractivity (Wildman–Crippen MR) is 154 cm³/mol. The molecule has 3 heterocycles. The fourth-order valence-corrected chi connectivity index (χ4v) is 4.37. The standard InChI is InChI=1S/C30H34FN7O3/c1-30(17-34-27(39)21-7-5-4-6-8-21)18-40-28(41-19-30)26-36-24(20-9-11-22(31)12-10-20)25(37-26)23-13-14-32-29(35-23)33-15-16-38(2)3/h4-14,28H,15-19H2,1-3H3,(H,34,39)(H,36,37)(H,32,33,35). The lowest BCUT2D eigenvalue weighted by Crippen LogP contribution is -2.45. The molecule has 1 saturated heterocycles. The van der Waals surface area contributed by atoms with E-state index in [9.17, 15) is 9.18 Å². The average molecular weight is 560 g/mol. The van der Waals surface area contributed by atoms with Crippen LogP contribution in [0.4, 0.5) is 10.3 Å². The smallest absolute Gasteiger partial charge is 0.251 e. The van der Waals surface area contributed by atoms with Crippen molar-refractivity contribution in [3.63, 3.8) is 0 Å². The largest absolute Gasteiger partial charge is 0.353 e. The number of anilines is 1. The summed E-state index contributed by atoms with van der Waals surface area (Å²) >= 11 is 0. The van der Waals surface area contributed by atoms with Crippen molar-refractivity contribution in [1.82, 2.24) is 30.2 Å². The van der Waals surface area contributed by atoms with Crippen LogP contribution in [0.5, 0.6) is 0 Å². The number of hydrogen-bond donors (Lipinski definition) is 3. The van der Waals surface area contributed by atoms with Crippen LogP contribution in [0.2, 0.25) is 0 Å². The van der Waals surface area contributed by atoms with Gasteiger partial charge in [0.2, 0.25) is 12.2 Å². The van der Waals surface area contributed by atoms with Crippen LogP contribution in [-0.2, 0) is 9.47 Å². The molecule has 0 radical (unpaired) electrons. The average Bonchev–Trinajstić information content (AvgIpc) is 3.43. The van der Waals surface area contributed by atoms with Crippen molar-refractivity contribution in [1.29, 1.82) is 0 Å². The maximum Gasteiger partial charge on any atom is 0.251 e. The molecule has 0 aliphatic carbocycles. The minimum absolute atomic E-state index is 0.144. The number of carbonyl (C=O) groups excluding carboxylic acids is 1. The van der Waals surface area contributed by atoms with Gasteiger partial charge in [0.15, 0.2) is 5.82 Å². The molecule has 0 saturated carbocycles. The molecular formula is C30H34FN7O3. The summed E-state index contributed by atoms with van der Waals surface area (Å²) in [5, 5.41) is 6.21. The molecule has 41 heavy (non-hydrogen) atoms. The first-order valence-corrected chi connectivity index (χ1v) is 13.4. The van der Waals surface area contributed by atoms with Crippen LogP contribution < -0.4 is 10.6 Å². The zero-order valence-corrected chi connectivity index (χ0v) is 23.4. The number of aromatic nitrogens is 4. The zero-order valence-electron chi connectivity index (χ0n) is 23.4. The quantitative estimate of drug-likeness (QED) is 0.266. The number of H-pyrrole nitrogens is 1. The summed E-state index contributed by atoms with van der Waals surface area (Å²) in [5.74, 6) is 0.478. The number of nitrogens with zero attached hydrogens (tertiary/aromatic N) is 4. The number of amides is 1. The van der Waals surface area contributed by atoms with Gasteiger partial charge in [-0.1, -0.05) is 25.1 Å². The maximum atomic E-state index is 13.7. The van der Waals surface area contributed by atoms with Gasteiger partial charge in [-0.05, 0) is 56.6 Å². The Labute approximate surface area is 238 Å². The molecule has 3 N–H and O–H groups in total. The summed E-state index contributed by atoms with van der Waals surface area (Å²) in [6, 6.07) is 17.0. The number of halogens is 1. The van der Waals surface area contributed by atoms with E-state index in [2.05, 4.69) is 30.5 Å². The van der Waals surface area contributed by atoms with E-state index < -0.39 is 11.7 Å². The van der Waals surface area contributed by atoms with E-state index in [0.717, 1.165) is 6.54 Å². The number of nitrogens with one attached hydrogen (secondary N) is 3. The molecule has 214 valence electrons. The fourth-order valence-electron chi connectivity index (χ4n) is 4.37. The van der Waals surface area contributed by atoms with Crippen LogP contribution in [0.3, 0.4) is 0 Å². The number of benzene rings is 2. The molecule has 0 unspecified atom stereocenters. The van der Waals surface area contributed by atoms with Crippen molar-refractivity contribution in [3.05, 3.63) is 84.1 Å². The molecule has 4 aromatic rings. The molecule has 0 spiro atoms. The number of hydrogen-bond acceptors (Lipinski definition) is 8. The van der Waals surface area contributed by atoms with E-state index in [0.29, 0.717) is 66.3 Å². The maximum absolute atomic E-state index is 13.7. The van der Waals surface area contributed by atoms with Gasteiger partial charge in [0.25, 0.3) is 5.91 Å². The summed E-state index contributed by atoms with van der Waals surface area (Å²) in [6.07, 6.45) is 0.929. The summed E-state index contributed by atoms with van der Waals surface area (Å²) in [7, 11) is 4.00. The molecular weight excluding hydrogens is 525 g/mol.